The summed E-state index contributed by atoms with van der Waals surface area (Å²) in [6.45, 7) is 1.25. The Bertz CT molecular complexity index is 846. The van der Waals surface area contributed by atoms with Crippen LogP contribution < -0.4 is 10.9 Å². The molecule has 22 heavy (non-hydrogen) atoms. The van der Waals surface area contributed by atoms with Gasteiger partial charge in [0.15, 0.2) is 5.75 Å². The van der Waals surface area contributed by atoms with Crippen molar-refractivity contribution in [3.8, 4) is 5.75 Å². The number of carboxylic acid groups (broad SMARTS) is 1. The molecule has 0 saturated heterocycles. The predicted molar refractivity (Wildman–Crippen MR) is 85.9 cm³/mol. The molecule has 3 N–H and O–H groups in total. The van der Waals surface area contributed by atoms with E-state index < -0.39 is 34.8 Å². The highest BCUT2D eigenvalue weighted by Crippen LogP contribution is 2.24. The summed E-state index contributed by atoms with van der Waals surface area (Å²) in [6, 6.07) is 2.07. The Hall–Kier alpha value is -2.17. The lowest BCUT2D eigenvalue weighted by atomic mass is 10.1. The lowest BCUT2D eigenvalue weighted by Gasteiger charge is -2.13. The number of aromatic hydroxyl groups is 1. The van der Waals surface area contributed by atoms with E-state index in [1.54, 1.807) is 12.1 Å². The van der Waals surface area contributed by atoms with Crippen molar-refractivity contribution in [2.75, 3.05) is 0 Å². The van der Waals surface area contributed by atoms with Crippen LogP contribution in [0.3, 0.4) is 0 Å². The van der Waals surface area contributed by atoms with Gasteiger partial charge in [0.1, 0.15) is 20.8 Å². The smallest absolute Gasteiger partial charge is 0.325 e. The van der Waals surface area contributed by atoms with Crippen LogP contribution in [-0.4, -0.2) is 37.7 Å². The second-order valence-corrected chi connectivity index (χ2v) is 5.73. The molecule has 0 bridgehead atoms. The van der Waals surface area contributed by atoms with Crippen LogP contribution in [0.4, 0.5) is 0 Å². The van der Waals surface area contributed by atoms with Crippen molar-refractivity contribution in [1.29, 1.82) is 0 Å². The molecule has 0 aliphatic carbocycles. The molecule has 2 heterocycles. The van der Waals surface area contributed by atoms with Crippen LogP contribution >= 0.6 is 22.6 Å². The van der Waals surface area contributed by atoms with Crippen molar-refractivity contribution in [3.63, 3.8) is 0 Å². The van der Waals surface area contributed by atoms with Gasteiger partial charge in [-0.15, -0.1) is 0 Å². The number of aromatic nitrogens is 2. The maximum Gasteiger partial charge on any atom is 0.325 e. The largest absolute Gasteiger partial charge is 0.505 e. The Morgan fingerprint density at radius 1 is 1.41 bits per heavy atom. The number of amides is 1. The summed E-state index contributed by atoms with van der Waals surface area (Å²) >= 11 is 1.93. The molecule has 0 fully saturated rings. The fraction of sp³-hybridized carbons (Fsp3) is 0.231. The number of hydrogen-bond donors (Lipinski definition) is 3. The van der Waals surface area contributed by atoms with E-state index in [1.165, 1.54) is 18.5 Å². The molecule has 0 saturated carbocycles. The molecule has 0 aliphatic heterocycles. The molecule has 116 valence electrons. The molecule has 8 nitrogen and oxygen atoms in total. The maximum atomic E-state index is 12.2. The fourth-order valence-corrected chi connectivity index (χ4v) is 2.33. The monoisotopic (exact) mass is 417 g/mol. The Morgan fingerprint density at radius 3 is 2.64 bits per heavy atom. The van der Waals surface area contributed by atoms with Crippen molar-refractivity contribution < 1.29 is 19.8 Å². The fourth-order valence-electron chi connectivity index (χ4n) is 1.90. The van der Waals surface area contributed by atoms with Gasteiger partial charge in [0.2, 0.25) is 0 Å². The molecule has 1 unspecified atom stereocenters. The van der Waals surface area contributed by atoms with Crippen LogP contribution in [0.15, 0.2) is 16.9 Å². The molecular weight excluding hydrogens is 405 g/mol. The first kappa shape index (κ1) is 16.2. The summed E-state index contributed by atoms with van der Waals surface area (Å²) in [7, 11) is 1.44. The lowest BCUT2D eigenvalue weighted by molar-refractivity contribution is -0.138. The average Bonchev–Trinajstić information content (AvgIpc) is 2.44. The zero-order chi connectivity index (χ0) is 16.6. The predicted octanol–water partition coefficient (Wildman–Crippen LogP) is 0.447. The second kappa shape index (κ2) is 5.91. The van der Waals surface area contributed by atoms with Crippen LogP contribution in [0, 0.1) is 3.70 Å². The third-order valence-electron chi connectivity index (χ3n) is 3.13. The third kappa shape index (κ3) is 2.75. The molecule has 0 radical (unpaired) electrons. The molecule has 2 aromatic rings. The number of hydrogen-bond acceptors (Lipinski definition) is 5. The van der Waals surface area contributed by atoms with Crippen LogP contribution in [0.25, 0.3) is 11.0 Å². The third-order valence-corrected chi connectivity index (χ3v) is 3.73. The van der Waals surface area contributed by atoms with Gasteiger partial charge in [-0.2, -0.15) is 0 Å². The quantitative estimate of drug-likeness (QED) is 0.493. The number of pyridine rings is 2. The molecule has 0 spiro atoms. The Morgan fingerprint density at radius 2 is 2.05 bits per heavy atom. The van der Waals surface area contributed by atoms with Crippen LogP contribution in [0.5, 0.6) is 5.75 Å². The number of nitrogens with zero attached hydrogens (tertiary/aromatic N) is 2. The number of rotatable bonds is 3. The van der Waals surface area contributed by atoms with Crippen LogP contribution in [0.1, 0.15) is 17.3 Å². The summed E-state index contributed by atoms with van der Waals surface area (Å²) < 4.78 is 1.75. The molecule has 2 rings (SSSR count). The standard InChI is InChI=1S/C13H12IN3O5/c1-5(13(21)22)15-11(19)8-10(18)9-6(17(2)12(8)20)3-4-7(14)16-9/h3-5,18H,1-2H3,(H,15,19)(H,21,22). The highest BCUT2D eigenvalue weighted by atomic mass is 127. The summed E-state index contributed by atoms with van der Waals surface area (Å²) in [5.74, 6) is -2.78. The number of aliphatic carboxylic acids is 1. The van der Waals surface area contributed by atoms with E-state index in [0.717, 1.165) is 0 Å². The van der Waals surface area contributed by atoms with Gasteiger partial charge in [-0.25, -0.2) is 4.98 Å². The van der Waals surface area contributed by atoms with Gasteiger partial charge in [0.25, 0.3) is 11.5 Å². The van der Waals surface area contributed by atoms with E-state index in [9.17, 15) is 19.5 Å². The summed E-state index contributed by atoms with van der Waals surface area (Å²) in [6.07, 6.45) is 0. The van der Waals surface area contributed by atoms with Crippen molar-refractivity contribution in [1.82, 2.24) is 14.9 Å². The minimum Gasteiger partial charge on any atom is -0.505 e. The van der Waals surface area contributed by atoms with Crippen molar-refractivity contribution in [2.24, 2.45) is 7.05 Å². The first-order chi connectivity index (χ1) is 10.2. The molecular formula is C13H12IN3O5. The van der Waals surface area contributed by atoms with E-state index in [4.69, 9.17) is 5.11 Å². The highest BCUT2D eigenvalue weighted by molar-refractivity contribution is 14.1. The van der Waals surface area contributed by atoms with E-state index in [1.807, 2.05) is 22.6 Å². The number of fused-ring (bicyclic) bond motifs is 1. The minimum atomic E-state index is -1.25. The number of carboxylic acids is 1. The normalized spacial score (nSPS) is 12.1. The van der Waals surface area contributed by atoms with Gasteiger partial charge in [-0.1, -0.05) is 0 Å². The Balaban J connectivity index is 2.66. The lowest BCUT2D eigenvalue weighted by Crippen LogP contribution is -2.41. The number of halogens is 1. The van der Waals surface area contributed by atoms with Gasteiger partial charge in [0, 0.05) is 7.05 Å². The van der Waals surface area contributed by atoms with Crippen molar-refractivity contribution >= 4 is 45.5 Å². The van der Waals surface area contributed by atoms with Crippen LogP contribution in [-0.2, 0) is 11.8 Å². The second-order valence-electron chi connectivity index (χ2n) is 4.62. The Kier molecular flexibility index (Phi) is 4.35. The van der Waals surface area contributed by atoms with Gasteiger partial charge >= 0.3 is 5.97 Å². The van der Waals surface area contributed by atoms with Crippen molar-refractivity contribution in [2.45, 2.75) is 13.0 Å². The van der Waals surface area contributed by atoms with E-state index >= 15 is 0 Å². The molecule has 9 heteroatoms. The average molecular weight is 417 g/mol. The van der Waals surface area contributed by atoms with Gasteiger partial charge < -0.3 is 20.1 Å². The highest BCUT2D eigenvalue weighted by Gasteiger charge is 2.24. The maximum absolute atomic E-state index is 12.2. The number of carbonyl (C=O) groups excluding carboxylic acids is 1. The van der Waals surface area contributed by atoms with E-state index in [-0.39, 0.29) is 5.52 Å². The summed E-state index contributed by atoms with van der Waals surface area (Å²) in [4.78, 5) is 39.3. The van der Waals surface area contributed by atoms with E-state index in [2.05, 4.69) is 10.3 Å². The number of carbonyl (C=O) groups is 2. The topological polar surface area (TPSA) is 122 Å². The van der Waals surface area contributed by atoms with Crippen molar-refractivity contribution in [3.05, 3.63) is 31.8 Å². The number of aryl methyl sites for hydroxylation is 1. The zero-order valence-electron chi connectivity index (χ0n) is 11.6. The molecule has 2 aromatic heterocycles. The molecule has 0 aromatic carbocycles. The van der Waals surface area contributed by atoms with Crippen LogP contribution in [0.2, 0.25) is 0 Å². The van der Waals surface area contributed by atoms with Gasteiger partial charge in [-0.3, -0.25) is 14.4 Å². The molecule has 0 aliphatic rings. The van der Waals surface area contributed by atoms with E-state index in [0.29, 0.717) is 9.22 Å². The van der Waals surface area contributed by atoms with Gasteiger partial charge in [-0.05, 0) is 41.6 Å². The summed E-state index contributed by atoms with van der Waals surface area (Å²) in [5.41, 5.74) is -0.798. The molecule has 1 amide bonds. The minimum absolute atomic E-state index is 0.0992. The SMILES string of the molecule is CC(NC(=O)c1c(O)c2nc(I)ccc2n(C)c1=O)C(=O)O. The first-order valence-electron chi connectivity index (χ1n) is 6.16. The molecule has 1 atom stereocenters. The zero-order valence-corrected chi connectivity index (χ0v) is 13.8. The number of nitrogens with one attached hydrogen (secondary N) is 1. The summed E-state index contributed by atoms with van der Waals surface area (Å²) in [5, 5.41) is 21.2. The van der Waals surface area contributed by atoms with Gasteiger partial charge in [0.05, 0.1) is 5.52 Å². The first-order valence-corrected chi connectivity index (χ1v) is 7.23. The Labute approximate surface area is 137 Å².